The summed E-state index contributed by atoms with van der Waals surface area (Å²) in [5, 5.41) is 20.4. The van der Waals surface area contributed by atoms with Gasteiger partial charge in [-0.2, -0.15) is 5.26 Å². The van der Waals surface area contributed by atoms with E-state index < -0.39 is 5.79 Å². The van der Waals surface area contributed by atoms with Crippen molar-refractivity contribution in [2.24, 2.45) is 34.0 Å². The molecule has 4 nitrogen and oxygen atoms in total. The van der Waals surface area contributed by atoms with Gasteiger partial charge in [-0.1, -0.05) is 44.6 Å². The average molecular weight is 476 g/mol. The molecule has 1 N–H and O–H groups in total. The second-order valence-electron chi connectivity index (χ2n) is 12.5. The summed E-state index contributed by atoms with van der Waals surface area (Å²) in [5.41, 5.74) is 3.08. The van der Waals surface area contributed by atoms with Gasteiger partial charge in [-0.05, 0) is 98.1 Å². The fraction of sp³-hybridized carbons (Fsp3) is 0.677. The predicted octanol–water partition coefficient (Wildman–Crippen LogP) is 6.71. The van der Waals surface area contributed by atoms with Crippen LogP contribution in [-0.4, -0.2) is 16.7 Å². The van der Waals surface area contributed by atoms with Crippen LogP contribution < -0.4 is 0 Å². The number of nitriles is 1. The van der Waals surface area contributed by atoms with E-state index in [0.29, 0.717) is 48.5 Å². The number of rotatable bonds is 5. The highest BCUT2D eigenvalue weighted by Crippen LogP contribution is 2.70. The smallest absolute Gasteiger partial charge is 0.169 e. The van der Waals surface area contributed by atoms with Crippen LogP contribution in [0.2, 0.25) is 0 Å². The number of hydrogen-bond acceptors (Lipinski definition) is 4. The lowest BCUT2D eigenvalue weighted by atomic mass is 9.45. The fourth-order valence-corrected chi connectivity index (χ4v) is 9.18. The van der Waals surface area contributed by atoms with Gasteiger partial charge >= 0.3 is 0 Å². The zero-order valence-corrected chi connectivity index (χ0v) is 21.9. The maximum absolute atomic E-state index is 12.9. The second kappa shape index (κ2) is 8.56. The lowest BCUT2D eigenvalue weighted by Gasteiger charge is -2.60. The van der Waals surface area contributed by atoms with Crippen LogP contribution in [0, 0.1) is 45.3 Å². The first-order valence-electron chi connectivity index (χ1n) is 13.7. The van der Waals surface area contributed by atoms with E-state index in [1.54, 1.807) is 12.1 Å². The number of benzene rings is 1. The van der Waals surface area contributed by atoms with Crippen LogP contribution in [-0.2, 0) is 16.1 Å². The molecular formula is C31H41NO3. The van der Waals surface area contributed by atoms with E-state index in [2.05, 4.69) is 32.9 Å². The number of fused-ring (bicyclic) bond motifs is 5. The summed E-state index contributed by atoms with van der Waals surface area (Å²) in [5.74, 6) is 1.16. The molecule has 5 rings (SSSR count). The maximum atomic E-state index is 12.9. The van der Waals surface area contributed by atoms with Crippen molar-refractivity contribution >= 4 is 5.78 Å². The predicted molar refractivity (Wildman–Crippen MR) is 136 cm³/mol. The molecule has 1 aromatic rings. The Kier molecular flexibility index (Phi) is 6.05. The Morgan fingerprint density at radius 1 is 1.11 bits per heavy atom. The minimum absolute atomic E-state index is 0.113. The van der Waals surface area contributed by atoms with Crippen LogP contribution in [0.15, 0.2) is 35.9 Å². The van der Waals surface area contributed by atoms with E-state index in [9.17, 15) is 9.90 Å². The van der Waals surface area contributed by atoms with E-state index in [0.717, 1.165) is 37.7 Å². The number of Topliss-reactive ketones (excluding diaryl/α,β-unsaturated/α-hetero) is 1. The van der Waals surface area contributed by atoms with Crippen molar-refractivity contribution in [1.29, 1.82) is 5.26 Å². The third kappa shape index (κ3) is 3.65. The largest absolute Gasteiger partial charge is 0.365 e. The Bertz CT molecular complexity index is 1070. The topological polar surface area (TPSA) is 70.3 Å². The third-order valence-corrected chi connectivity index (χ3v) is 11.4. The van der Waals surface area contributed by atoms with Crippen LogP contribution in [0.5, 0.6) is 0 Å². The number of ketones is 1. The lowest BCUT2D eigenvalue weighted by Crippen LogP contribution is -2.55. The standard InChI is InChI=1S/C31H41NO3/c1-5-30(21(2)33)15-13-27-25-11-10-24-18-31(34,35-20-23-8-6-22(19-32)7-9-23)17-16-28(24,3)26(25)12-14-29(27,30)4/h6-10,25-27,34H,5,11-18,20H2,1-4H3/t25-,26+,27+,28+,29+,30-,31-/m1/s1. The Hall–Kier alpha value is -1.96. The molecule has 0 heterocycles. The molecule has 0 aliphatic heterocycles. The van der Waals surface area contributed by atoms with E-state index in [1.807, 2.05) is 19.1 Å². The summed E-state index contributed by atoms with van der Waals surface area (Å²) in [6.07, 6.45) is 11.2. The quantitative estimate of drug-likeness (QED) is 0.379. The summed E-state index contributed by atoms with van der Waals surface area (Å²) in [6, 6.07) is 9.53. The number of nitrogens with zero attached hydrogens (tertiary/aromatic N) is 1. The minimum Gasteiger partial charge on any atom is -0.365 e. The van der Waals surface area contributed by atoms with Crippen LogP contribution in [0.3, 0.4) is 0 Å². The van der Waals surface area contributed by atoms with Crippen LogP contribution in [0.4, 0.5) is 0 Å². The van der Waals surface area contributed by atoms with Gasteiger partial charge in [-0.3, -0.25) is 4.79 Å². The van der Waals surface area contributed by atoms with Gasteiger partial charge in [0.05, 0.1) is 18.2 Å². The number of carbonyl (C=O) groups excluding carboxylic acids is 1. The fourth-order valence-electron chi connectivity index (χ4n) is 9.18. The van der Waals surface area contributed by atoms with E-state index >= 15 is 0 Å². The monoisotopic (exact) mass is 475 g/mol. The molecular weight excluding hydrogens is 434 g/mol. The van der Waals surface area contributed by atoms with Crippen LogP contribution in [0.1, 0.15) is 96.6 Å². The van der Waals surface area contributed by atoms with Gasteiger partial charge in [0.2, 0.25) is 0 Å². The Balaban J connectivity index is 1.33. The van der Waals surface area contributed by atoms with Crippen molar-refractivity contribution in [2.75, 3.05) is 0 Å². The molecule has 0 radical (unpaired) electrons. The van der Waals surface area contributed by atoms with Gasteiger partial charge < -0.3 is 9.84 Å². The first-order valence-corrected chi connectivity index (χ1v) is 13.7. The zero-order chi connectivity index (χ0) is 25.1. The minimum atomic E-state index is -1.13. The highest BCUT2D eigenvalue weighted by atomic mass is 16.6. The number of allylic oxidation sites excluding steroid dienone is 1. The first kappa shape index (κ1) is 24.7. The summed E-state index contributed by atoms with van der Waals surface area (Å²) in [7, 11) is 0. The molecule has 188 valence electrons. The zero-order valence-electron chi connectivity index (χ0n) is 21.9. The Morgan fingerprint density at radius 3 is 2.49 bits per heavy atom. The Morgan fingerprint density at radius 2 is 1.83 bits per heavy atom. The van der Waals surface area contributed by atoms with Crippen molar-refractivity contribution < 1.29 is 14.6 Å². The molecule has 4 aliphatic carbocycles. The van der Waals surface area contributed by atoms with Gasteiger partial charge in [-0.15, -0.1) is 0 Å². The van der Waals surface area contributed by atoms with E-state index in [4.69, 9.17) is 10.00 Å². The Labute approximate surface area is 210 Å². The third-order valence-electron chi connectivity index (χ3n) is 11.4. The molecule has 0 aromatic heterocycles. The van der Waals surface area contributed by atoms with Gasteiger partial charge in [0.15, 0.2) is 5.79 Å². The van der Waals surface area contributed by atoms with Crippen molar-refractivity contribution in [3.63, 3.8) is 0 Å². The normalized spacial score (nSPS) is 42.3. The van der Waals surface area contributed by atoms with Crippen molar-refractivity contribution in [2.45, 2.75) is 97.9 Å². The molecule has 3 fully saturated rings. The van der Waals surface area contributed by atoms with Crippen molar-refractivity contribution in [3.8, 4) is 6.07 Å². The summed E-state index contributed by atoms with van der Waals surface area (Å²) >= 11 is 0. The summed E-state index contributed by atoms with van der Waals surface area (Å²) in [6.45, 7) is 9.28. The van der Waals surface area contributed by atoms with E-state index in [1.165, 1.54) is 18.4 Å². The number of aliphatic hydroxyl groups is 1. The molecule has 0 saturated heterocycles. The van der Waals surface area contributed by atoms with Crippen molar-refractivity contribution in [3.05, 3.63) is 47.0 Å². The van der Waals surface area contributed by atoms with Gasteiger partial charge in [0, 0.05) is 18.3 Å². The SMILES string of the molecule is CC[C@]1(C(C)=O)CC[C@H]2[C@@H]3CC=C4C[C@](O)(OCc5ccc(C#N)cc5)CC[C@]4(C)[C@H]3CC[C@@]21C. The van der Waals surface area contributed by atoms with Crippen LogP contribution in [0.25, 0.3) is 0 Å². The molecule has 4 aliphatic rings. The molecule has 1 aromatic carbocycles. The molecule has 0 unspecified atom stereocenters. The molecule has 0 amide bonds. The number of carbonyl (C=O) groups is 1. The van der Waals surface area contributed by atoms with E-state index in [-0.39, 0.29) is 16.2 Å². The summed E-state index contributed by atoms with van der Waals surface area (Å²) in [4.78, 5) is 12.9. The van der Waals surface area contributed by atoms with Gasteiger partial charge in [0.1, 0.15) is 5.78 Å². The summed E-state index contributed by atoms with van der Waals surface area (Å²) < 4.78 is 6.11. The average Bonchev–Trinajstić information content (AvgIpc) is 3.17. The van der Waals surface area contributed by atoms with Crippen molar-refractivity contribution in [1.82, 2.24) is 0 Å². The maximum Gasteiger partial charge on any atom is 0.169 e. The number of hydrogen-bond donors (Lipinski definition) is 1. The highest BCUT2D eigenvalue weighted by Gasteiger charge is 2.65. The van der Waals surface area contributed by atoms with Gasteiger partial charge in [0.25, 0.3) is 0 Å². The molecule has 35 heavy (non-hydrogen) atoms. The second-order valence-corrected chi connectivity index (χ2v) is 12.5. The molecule has 7 atom stereocenters. The van der Waals surface area contributed by atoms with Gasteiger partial charge in [-0.25, -0.2) is 0 Å². The molecule has 0 spiro atoms. The first-order chi connectivity index (χ1) is 16.6. The number of ether oxygens (including phenoxy) is 1. The molecule has 3 saturated carbocycles. The molecule has 4 heteroatoms. The van der Waals surface area contributed by atoms with Crippen LogP contribution >= 0.6 is 0 Å². The highest BCUT2D eigenvalue weighted by molar-refractivity contribution is 5.83. The molecule has 0 bridgehead atoms. The lowest BCUT2D eigenvalue weighted by molar-refractivity contribution is -0.231.